The molecule has 0 aromatic rings. The van der Waals surface area contributed by atoms with Crippen LogP contribution in [0.4, 0.5) is 0 Å². The Morgan fingerprint density at radius 3 is 1.38 bits per heavy atom. The zero-order valence-corrected chi connectivity index (χ0v) is 6.74. The summed E-state index contributed by atoms with van der Waals surface area (Å²) in [6.07, 6.45) is 0.236. The lowest BCUT2D eigenvalue weighted by atomic mass is 10.5. The molecule has 0 heterocycles. The smallest absolute Gasteiger partial charge is 0.136 e. The van der Waals surface area contributed by atoms with Gasteiger partial charge < -0.3 is 16.9 Å². The Bertz CT molecular complexity index is 55.9. The quantitative estimate of drug-likeness (QED) is 0.304. The van der Waals surface area contributed by atoms with Crippen molar-refractivity contribution >= 4 is 0 Å². The maximum absolute atomic E-state index is 5.54. The molecule has 0 fully saturated rings. The van der Waals surface area contributed by atoms with Gasteiger partial charge in [-0.05, 0) is 0 Å². The topological polar surface area (TPSA) is 26.0 Å². The first-order valence-corrected chi connectivity index (χ1v) is 2.51. The van der Waals surface area contributed by atoms with Crippen molar-refractivity contribution in [3.05, 3.63) is 0 Å². The van der Waals surface area contributed by atoms with Gasteiger partial charge in [0.1, 0.15) is 6.17 Å². The predicted molar refractivity (Wildman–Crippen MR) is 31.7 cm³/mol. The molecule has 0 saturated carbocycles. The summed E-state index contributed by atoms with van der Waals surface area (Å²) in [5.74, 6) is 0. The lowest BCUT2D eigenvalue weighted by molar-refractivity contribution is -0.893. The first-order valence-electron chi connectivity index (χ1n) is 2.51. The minimum absolute atomic E-state index is 0. The number of nitrogens with two attached hydrogens (primary N) is 1. The van der Waals surface area contributed by atoms with E-state index in [9.17, 15) is 0 Å². The Morgan fingerprint density at radius 2 is 1.38 bits per heavy atom. The van der Waals surface area contributed by atoms with E-state index in [-0.39, 0.29) is 18.6 Å². The van der Waals surface area contributed by atoms with Crippen molar-refractivity contribution in [2.24, 2.45) is 5.73 Å². The second-order valence-electron chi connectivity index (χ2n) is 2.86. The first-order chi connectivity index (χ1) is 2.94. The zero-order valence-electron chi connectivity index (χ0n) is 5.98. The fourth-order valence-corrected chi connectivity index (χ4v) is 0. The van der Waals surface area contributed by atoms with Crippen molar-refractivity contribution in [2.75, 3.05) is 21.1 Å². The summed E-state index contributed by atoms with van der Waals surface area (Å²) in [6.45, 7) is 2.00. The predicted octanol–water partition coefficient (Wildman–Crippen LogP) is -3.00. The Hall–Kier alpha value is 0.210. The van der Waals surface area contributed by atoms with Gasteiger partial charge in [-0.15, -0.1) is 0 Å². The van der Waals surface area contributed by atoms with Crippen molar-refractivity contribution in [3.63, 3.8) is 0 Å². The van der Waals surface area contributed by atoms with Gasteiger partial charge in [0.2, 0.25) is 0 Å². The lowest BCUT2D eigenvalue weighted by Gasteiger charge is -2.27. The van der Waals surface area contributed by atoms with Crippen molar-refractivity contribution in [2.45, 2.75) is 13.1 Å². The average molecular weight is 139 g/mol. The molecule has 1 unspecified atom stereocenters. The van der Waals surface area contributed by atoms with E-state index < -0.39 is 0 Å². The van der Waals surface area contributed by atoms with Crippen molar-refractivity contribution < 1.29 is 16.9 Å². The molecule has 0 aromatic heterocycles. The van der Waals surface area contributed by atoms with Crippen LogP contribution < -0.4 is 18.1 Å². The van der Waals surface area contributed by atoms with E-state index in [1.807, 2.05) is 6.92 Å². The third kappa shape index (κ3) is 4.37. The van der Waals surface area contributed by atoms with Gasteiger partial charge in [-0.3, -0.25) is 5.73 Å². The van der Waals surface area contributed by atoms with Crippen LogP contribution in [0.1, 0.15) is 6.92 Å². The molecule has 2 nitrogen and oxygen atoms in total. The van der Waals surface area contributed by atoms with Gasteiger partial charge in [0.15, 0.2) is 0 Å². The van der Waals surface area contributed by atoms with Crippen LogP contribution in [0.15, 0.2) is 0 Å². The largest absolute Gasteiger partial charge is 1.00 e. The summed E-state index contributed by atoms with van der Waals surface area (Å²) >= 11 is 0. The standard InChI is InChI=1S/C5H15N2.ClH/c1-5(6)7(2,3)4;/h5H,6H2,1-4H3;1H/q+1;/p-1. The highest BCUT2D eigenvalue weighted by molar-refractivity contribution is 4.28. The summed E-state index contributed by atoms with van der Waals surface area (Å²) in [7, 11) is 6.22. The van der Waals surface area contributed by atoms with E-state index in [4.69, 9.17) is 5.73 Å². The Kier molecular flexibility index (Phi) is 4.53. The number of quaternary nitrogens is 1. The molecule has 2 N–H and O–H groups in total. The molecule has 0 aliphatic rings. The number of hydrogen-bond donors (Lipinski definition) is 1. The molecule has 0 spiro atoms. The van der Waals surface area contributed by atoms with Crippen LogP contribution in [-0.2, 0) is 0 Å². The summed E-state index contributed by atoms with van der Waals surface area (Å²) < 4.78 is 0.833. The molecule has 0 rings (SSSR count). The molecule has 3 heteroatoms. The first kappa shape index (κ1) is 11.1. The van der Waals surface area contributed by atoms with Crippen molar-refractivity contribution in [3.8, 4) is 0 Å². The van der Waals surface area contributed by atoms with Gasteiger partial charge in [-0.25, -0.2) is 0 Å². The second-order valence-corrected chi connectivity index (χ2v) is 2.86. The lowest BCUT2D eigenvalue weighted by Crippen LogP contribution is -3.00. The number of rotatable bonds is 1. The summed E-state index contributed by atoms with van der Waals surface area (Å²) in [5, 5.41) is 0. The van der Waals surface area contributed by atoms with Gasteiger partial charge in [-0.2, -0.15) is 0 Å². The van der Waals surface area contributed by atoms with Gasteiger partial charge >= 0.3 is 0 Å². The molecule has 52 valence electrons. The Balaban J connectivity index is 0. The van der Waals surface area contributed by atoms with E-state index >= 15 is 0 Å². The molecular weight excluding hydrogens is 124 g/mol. The van der Waals surface area contributed by atoms with Gasteiger partial charge in [0.05, 0.1) is 21.1 Å². The summed E-state index contributed by atoms with van der Waals surface area (Å²) in [6, 6.07) is 0. The number of halogens is 1. The Morgan fingerprint density at radius 1 is 1.25 bits per heavy atom. The average Bonchev–Trinajstić information content (AvgIpc) is 1.31. The maximum atomic E-state index is 5.54. The van der Waals surface area contributed by atoms with Crippen LogP contribution >= 0.6 is 0 Å². The van der Waals surface area contributed by atoms with E-state index in [0.717, 1.165) is 4.48 Å². The molecule has 0 aliphatic heterocycles. The SMILES string of the molecule is CC(N)[N+](C)(C)C.[Cl-]. The molecule has 0 bridgehead atoms. The second kappa shape index (κ2) is 3.28. The highest BCUT2D eigenvalue weighted by Gasteiger charge is 2.10. The molecule has 1 atom stereocenters. The van der Waals surface area contributed by atoms with E-state index in [2.05, 4.69) is 21.1 Å². The van der Waals surface area contributed by atoms with Gasteiger partial charge in [-0.1, -0.05) is 0 Å². The molecule has 0 radical (unpaired) electrons. The fourth-order valence-electron chi connectivity index (χ4n) is 0. The highest BCUT2D eigenvalue weighted by atomic mass is 35.5. The normalized spacial score (nSPS) is 14.6. The molecule has 0 aromatic carbocycles. The Labute approximate surface area is 57.7 Å². The summed E-state index contributed by atoms with van der Waals surface area (Å²) in [5.41, 5.74) is 5.54. The third-order valence-electron chi connectivity index (χ3n) is 1.22. The van der Waals surface area contributed by atoms with E-state index in [1.165, 1.54) is 0 Å². The van der Waals surface area contributed by atoms with Gasteiger partial charge in [0, 0.05) is 6.92 Å². The van der Waals surface area contributed by atoms with E-state index in [1.54, 1.807) is 0 Å². The highest BCUT2D eigenvalue weighted by Crippen LogP contribution is 1.91. The third-order valence-corrected chi connectivity index (χ3v) is 1.22. The van der Waals surface area contributed by atoms with Crippen LogP contribution in [0.3, 0.4) is 0 Å². The van der Waals surface area contributed by atoms with Crippen molar-refractivity contribution in [1.29, 1.82) is 0 Å². The maximum Gasteiger partial charge on any atom is 0.136 e. The van der Waals surface area contributed by atoms with Crippen molar-refractivity contribution in [1.82, 2.24) is 0 Å². The molecule has 0 saturated heterocycles. The molecule has 8 heavy (non-hydrogen) atoms. The van der Waals surface area contributed by atoms with Crippen LogP contribution in [0.25, 0.3) is 0 Å². The van der Waals surface area contributed by atoms with Gasteiger partial charge in [0.25, 0.3) is 0 Å². The number of nitrogens with zero attached hydrogens (tertiary/aromatic N) is 1. The fraction of sp³-hybridized carbons (Fsp3) is 1.00. The minimum Gasteiger partial charge on any atom is -1.00 e. The molecular formula is C5H15ClN2. The molecule has 0 aliphatic carbocycles. The van der Waals surface area contributed by atoms with Crippen LogP contribution in [-0.4, -0.2) is 31.8 Å². The summed E-state index contributed by atoms with van der Waals surface area (Å²) in [4.78, 5) is 0. The van der Waals surface area contributed by atoms with Crippen LogP contribution in [0.2, 0.25) is 0 Å². The number of hydrogen-bond acceptors (Lipinski definition) is 1. The van der Waals surface area contributed by atoms with Crippen LogP contribution in [0.5, 0.6) is 0 Å². The monoisotopic (exact) mass is 138 g/mol. The molecule has 0 amide bonds. The van der Waals surface area contributed by atoms with Crippen LogP contribution in [0, 0.1) is 0 Å². The minimum atomic E-state index is 0. The van der Waals surface area contributed by atoms with E-state index in [0.29, 0.717) is 0 Å². The zero-order chi connectivity index (χ0) is 6.08.